The van der Waals surface area contributed by atoms with Crippen LogP contribution in [0.2, 0.25) is 0 Å². The molecule has 6 heteroatoms. The molecular weight excluding hydrogens is 178 g/mol. The lowest BCUT2D eigenvalue weighted by Crippen LogP contribution is -2.14. The molecule has 1 amide bonds. The summed E-state index contributed by atoms with van der Waals surface area (Å²) in [5, 5.41) is 0.404. The Balaban J connectivity index is 2.64. The summed E-state index contributed by atoms with van der Waals surface area (Å²) in [7, 11) is 0. The Morgan fingerprint density at radius 3 is 3.08 bits per heavy atom. The highest BCUT2D eigenvalue weighted by Crippen LogP contribution is 2.07. The quantitative estimate of drug-likeness (QED) is 0.483. The standard InChI is InChI=1S/C6H7N3O2S/c7-4(10)3-12-6-8-2-1-5(11)9-6/h1-2H,3H2,(H2,7,10)(H,8,9,11). The van der Waals surface area contributed by atoms with Gasteiger partial charge in [-0.15, -0.1) is 0 Å². The molecular formula is C6H7N3O2S. The van der Waals surface area contributed by atoms with E-state index in [1.165, 1.54) is 12.3 Å². The number of aromatic amines is 1. The first kappa shape index (κ1) is 8.79. The Kier molecular flexibility index (Phi) is 2.87. The maximum atomic E-state index is 10.7. The van der Waals surface area contributed by atoms with Crippen molar-refractivity contribution in [3.8, 4) is 0 Å². The average Bonchev–Trinajstić information content (AvgIpc) is 2.01. The van der Waals surface area contributed by atoms with Gasteiger partial charge in [0, 0.05) is 12.3 Å². The SMILES string of the molecule is NC(=O)CSc1nccc(=O)[nH]1. The van der Waals surface area contributed by atoms with Crippen LogP contribution in [-0.2, 0) is 4.79 Å². The van der Waals surface area contributed by atoms with Crippen LogP contribution in [0, 0.1) is 0 Å². The molecule has 0 atom stereocenters. The van der Waals surface area contributed by atoms with E-state index in [2.05, 4.69) is 9.97 Å². The predicted molar refractivity (Wildman–Crippen MR) is 44.8 cm³/mol. The third-order valence-electron chi connectivity index (χ3n) is 0.999. The van der Waals surface area contributed by atoms with E-state index in [1.54, 1.807) is 0 Å². The smallest absolute Gasteiger partial charge is 0.251 e. The fraction of sp³-hybridized carbons (Fsp3) is 0.167. The van der Waals surface area contributed by atoms with Gasteiger partial charge in [-0.3, -0.25) is 9.59 Å². The minimum atomic E-state index is -0.438. The summed E-state index contributed by atoms with van der Waals surface area (Å²) in [6.07, 6.45) is 1.38. The van der Waals surface area contributed by atoms with E-state index < -0.39 is 5.91 Å². The number of nitrogens with zero attached hydrogens (tertiary/aromatic N) is 1. The Morgan fingerprint density at radius 2 is 2.50 bits per heavy atom. The van der Waals surface area contributed by atoms with Gasteiger partial charge in [-0.1, -0.05) is 11.8 Å². The summed E-state index contributed by atoms with van der Waals surface area (Å²) < 4.78 is 0. The average molecular weight is 185 g/mol. The molecule has 0 radical (unpaired) electrons. The Bertz CT molecular complexity index is 336. The molecule has 1 rings (SSSR count). The second-order valence-corrected chi connectivity index (χ2v) is 2.96. The van der Waals surface area contributed by atoms with Crippen LogP contribution >= 0.6 is 11.8 Å². The van der Waals surface area contributed by atoms with Crippen molar-refractivity contribution >= 4 is 17.7 Å². The fourth-order valence-corrected chi connectivity index (χ4v) is 1.15. The number of primary amides is 1. The largest absolute Gasteiger partial charge is 0.369 e. The van der Waals surface area contributed by atoms with E-state index in [0.717, 1.165) is 11.8 Å². The number of carbonyl (C=O) groups excluding carboxylic acids is 1. The van der Waals surface area contributed by atoms with E-state index in [0.29, 0.717) is 5.16 Å². The lowest BCUT2D eigenvalue weighted by molar-refractivity contribution is -0.115. The van der Waals surface area contributed by atoms with Crippen molar-refractivity contribution in [2.75, 3.05) is 5.75 Å². The number of hydrogen-bond donors (Lipinski definition) is 2. The minimum Gasteiger partial charge on any atom is -0.369 e. The number of aromatic nitrogens is 2. The highest BCUT2D eigenvalue weighted by Gasteiger charge is 1.98. The lowest BCUT2D eigenvalue weighted by atomic mass is 10.7. The predicted octanol–water partition coefficient (Wildman–Crippen LogP) is -0.653. The van der Waals surface area contributed by atoms with Crippen molar-refractivity contribution in [3.05, 3.63) is 22.6 Å². The van der Waals surface area contributed by atoms with Gasteiger partial charge >= 0.3 is 0 Å². The van der Waals surface area contributed by atoms with E-state index in [9.17, 15) is 9.59 Å². The Morgan fingerprint density at radius 1 is 1.75 bits per heavy atom. The first-order valence-corrected chi connectivity index (χ1v) is 4.13. The number of carbonyl (C=O) groups is 1. The van der Waals surface area contributed by atoms with Gasteiger partial charge in [0.25, 0.3) is 5.56 Å². The number of H-pyrrole nitrogens is 1. The summed E-state index contributed by atoms with van der Waals surface area (Å²) in [5.74, 6) is -0.320. The number of rotatable bonds is 3. The van der Waals surface area contributed by atoms with Gasteiger partial charge in [0.05, 0.1) is 5.75 Å². The van der Waals surface area contributed by atoms with Crippen LogP contribution < -0.4 is 11.3 Å². The van der Waals surface area contributed by atoms with Crippen LogP contribution in [0.25, 0.3) is 0 Å². The number of hydrogen-bond acceptors (Lipinski definition) is 4. The molecule has 0 fully saturated rings. The topological polar surface area (TPSA) is 88.8 Å². The van der Waals surface area contributed by atoms with Crippen LogP contribution in [0.3, 0.4) is 0 Å². The highest BCUT2D eigenvalue weighted by atomic mass is 32.2. The third kappa shape index (κ3) is 2.75. The second-order valence-electron chi connectivity index (χ2n) is 1.99. The van der Waals surface area contributed by atoms with Gasteiger partial charge in [-0.05, 0) is 0 Å². The van der Waals surface area contributed by atoms with Crippen LogP contribution in [-0.4, -0.2) is 21.6 Å². The van der Waals surface area contributed by atoms with E-state index >= 15 is 0 Å². The molecule has 3 N–H and O–H groups in total. The molecule has 5 nitrogen and oxygen atoms in total. The van der Waals surface area contributed by atoms with Crippen molar-refractivity contribution in [2.24, 2.45) is 5.73 Å². The number of nitrogens with one attached hydrogen (secondary N) is 1. The summed E-state index contributed by atoms with van der Waals surface area (Å²) in [6, 6.07) is 1.30. The molecule has 0 unspecified atom stereocenters. The molecule has 64 valence electrons. The van der Waals surface area contributed by atoms with Crippen LogP contribution in [0.4, 0.5) is 0 Å². The lowest BCUT2D eigenvalue weighted by Gasteiger charge is -1.94. The fourth-order valence-electron chi connectivity index (χ4n) is 0.565. The Hall–Kier alpha value is -1.30. The molecule has 12 heavy (non-hydrogen) atoms. The summed E-state index contributed by atoms with van der Waals surface area (Å²) in [6.45, 7) is 0. The number of thioether (sulfide) groups is 1. The maximum absolute atomic E-state index is 10.7. The molecule has 1 heterocycles. The number of amides is 1. The molecule has 0 bridgehead atoms. The van der Waals surface area contributed by atoms with E-state index in [-0.39, 0.29) is 11.3 Å². The van der Waals surface area contributed by atoms with Crippen molar-refractivity contribution in [2.45, 2.75) is 5.16 Å². The van der Waals surface area contributed by atoms with Gasteiger partial charge < -0.3 is 10.7 Å². The van der Waals surface area contributed by atoms with E-state index in [4.69, 9.17) is 5.73 Å². The molecule has 0 aliphatic carbocycles. The molecule has 0 saturated heterocycles. The zero-order chi connectivity index (χ0) is 8.97. The molecule has 0 saturated carbocycles. The molecule has 0 aromatic carbocycles. The van der Waals surface area contributed by atoms with Gasteiger partial charge in [0.2, 0.25) is 5.91 Å². The Labute approximate surface area is 72.4 Å². The van der Waals surface area contributed by atoms with Crippen molar-refractivity contribution in [1.29, 1.82) is 0 Å². The van der Waals surface area contributed by atoms with Crippen LogP contribution in [0.5, 0.6) is 0 Å². The maximum Gasteiger partial charge on any atom is 0.251 e. The van der Waals surface area contributed by atoms with Crippen molar-refractivity contribution in [3.63, 3.8) is 0 Å². The zero-order valence-corrected chi connectivity index (χ0v) is 6.93. The van der Waals surface area contributed by atoms with Crippen LogP contribution in [0.15, 0.2) is 22.2 Å². The minimum absolute atomic E-state index is 0.118. The van der Waals surface area contributed by atoms with Crippen molar-refractivity contribution in [1.82, 2.24) is 9.97 Å². The van der Waals surface area contributed by atoms with Gasteiger partial charge in [0.1, 0.15) is 0 Å². The van der Waals surface area contributed by atoms with Crippen molar-refractivity contribution < 1.29 is 4.79 Å². The number of nitrogens with two attached hydrogens (primary N) is 1. The normalized spacial score (nSPS) is 9.67. The highest BCUT2D eigenvalue weighted by molar-refractivity contribution is 7.99. The first-order chi connectivity index (χ1) is 5.68. The molecule has 0 aliphatic heterocycles. The molecule has 0 aliphatic rings. The summed E-state index contributed by atoms with van der Waals surface area (Å²) in [4.78, 5) is 27.3. The first-order valence-electron chi connectivity index (χ1n) is 3.15. The summed E-state index contributed by atoms with van der Waals surface area (Å²) in [5.41, 5.74) is 4.66. The molecule has 0 spiro atoms. The van der Waals surface area contributed by atoms with Gasteiger partial charge in [-0.25, -0.2) is 4.98 Å². The molecule has 1 aromatic heterocycles. The zero-order valence-electron chi connectivity index (χ0n) is 6.11. The van der Waals surface area contributed by atoms with Crippen LogP contribution in [0.1, 0.15) is 0 Å². The van der Waals surface area contributed by atoms with Gasteiger partial charge in [0.15, 0.2) is 5.16 Å². The summed E-state index contributed by atoms with van der Waals surface area (Å²) >= 11 is 1.10. The third-order valence-corrected chi connectivity index (χ3v) is 1.91. The molecule has 1 aromatic rings. The van der Waals surface area contributed by atoms with Gasteiger partial charge in [-0.2, -0.15) is 0 Å². The second kappa shape index (κ2) is 3.91. The monoisotopic (exact) mass is 185 g/mol. The van der Waals surface area contributed by atoms with E-state index in [1.807, 2.05) is 0 Å².